The lowest BCUT2D eigenvalue weighted by molar-refractivity contribution is 0.0594. The molecule has 2 aromatic carbocycles. The third-order valence-corrected chi connectivity index (χ3v) is 9.07. The van der Waals surface area contributed by atoms with Crippen molar-refractivity contribution in [2.45, 2.75) is 57.2 Å². The summed E-state index contributed by atoms with van der Waals surface area (Å²) in [6.45, 7) is 6.39. The molecule has 44 heavy (non-hydrogen) atoms. The Labute approximate surface area is 260 Å². The maximum Gasteiger partial charge on any atom is 0.270 e. The molecular formula is C35H43N5O4. The van der Waals surface area contributed by atoms with Crippen LogP contribution in [-0.4, -0.2) is 85.1 Å². The number of methoxy groups -OCH3 is 1. The van der Waals surface area contributed by atoms with Gasteiger partial charge < -0.3 is 24.6 Å². The van der Waals surface area contributed by atoms with Gasteiger partial charge in [0.2, 0.25) is 0 Å². The van der Waals surface area contributed by atoms with Gasteiger partial charge in [-0.3, -0.25) is 19.5 Å². The second kappa shape index (κ2) is 14.1. The molecule has 3 saturated heterocycles. The molecule has 0 bridgehead atoms. The van der Waals surface area contributed by atoms with E-state index in [0.717, 1.165) is 56.8 Å². The van der Waals surface area contributed by atoms with Crippen molar-refractivity contribution >= 4 is 17.5 Å². The summed E-state index contributed by atoms with van der Waals surface area (Å²) in [6, 6.07) is 20.1. The number of carbonyl (C=O) groups is 2. The van der Waals surface area contributed by atoms with Gasteiger partial charge in [-0.05, 0) is 79.8 Å². The first-order valence-corrected chi connectivity index (χ1v) is 16.0. The maximum atomic E-state index is 13.1. The summed E-state index contributed by atoms with van der Waals surface area (Å²) in [6.07, 6.45) is 7.50. The molecule has 3 aliphatic rings. The summed E-state index contributed by atoms with van der Waals surface area (Å²) in [7, 11) is 1.64. The van der Waals surface area contributed by atoms with Crippen LogP contribution < -0.4 is 19.7 Å². The maximum absolute atomic E-state index is 13.1. The zero-order chi connectivity index (χ0) is 30.3. The number of anilines is 1. The van der Waals surface area contributed by atoms with Gasteiger partial charge in [0, 0.05) is 76.6 Å². The minimum Gasteiger partial charge on any atom is -0.497 e. The highest BCUT2D eigenvalue weighted by molar-refractivity contribution is 5.96. The third-order valence-electron chi connectivity index (χ3n) is 9.07. The van der Waals surface area contributed by atoms with Gasteiger partial charge in [0.1, 0.15) is 23.3 Å². The van der Waals surface area contributed by atoms with Gasteiger partial charge in [-0.15, -0.1) is 0 Å². The molecule has 0 unspecified atom stereocenters. The molecule has 6 rings (SSSR count). The highest BCUT2D eigenvalue weighted by Gasteiger charge is 2.26. The van der Waals surface area contributed by atoms with Crippen molar-refractivity contribution in [2.24, 2.45) is 0 Å². The average Bonchev–Trinajstić information content (AvgIpc) is 3.62. The Morgan fingerprint density at radius 1 is 0.818 bits per heavy atom. The van der Waals surface area contributed by atoms with Crippen molar-refractivity contribution in [1.29, 1.82) is 0 Å². The number of rotatable bonds is 9. The van der Waals surface area contributed by atoms with E-state index in [-0.39, 0.29) is 24.0 Å². The summed E-state index contributed by atoms with van der Waals surface area (Å²) in [5, 5.41) is 3.15. The number of hydrogen-bond donors (Lipinski definition) is 1. The van der Waals surface area contributed by atoms with Crippen LogP contribution in [0.15, 0.2) is 66.9 Å². The molecule has 232 valence electrons. The fraction of sp³-hybridized carbons (Fsp3) is 0.457. The van der Waals surface area contributed by atoms with Crippen molar-refractivity contribution in [1.82, 2.24) is 20.1 Å². The van der Waals surface area contributed by atoms with E-state index in [4.69, 9.17) is 9.47 Å². The number of likely N-dealkylation sites (tertiary alicyclic amines) is 2. The number of nitrogens with one attached hydrogen (secondary N) is 1. The van der Waals surface area contributed by atoms with E-state index >= 15 is 0 Å². The molecule has 9 nitrogen and oxygen atoms in total. The first-order chi connectivity index (χ1) is 21.5. The second-order valence-electron chi connectivity index (χ2n) is 12.1. The molecule has 0 radical (unpaired) electrons. The van der Waals surface area contributed by atoms with Crippen molar-refractivity contribution < 1.29 is 19.1 Å². The van der Waals surface area contributed by atoms with Crippen LogP contribution in [0.1, 0.15) is 64.9 Å². The molecule has 3 aliphatic heterocycles. The normalized spacial score (nSPS) is 18.3. The van der Waals surface area contributed by atoms with Crippen LogP contribution in [0.4, 0.5) is 5.69 Å². The van der Waals surface area contributed by atoms with Crippen LogP contribution in [0.25, 0.3) is 0 Å². The van der Waals surface area contributed by atoms with Crippen molar-refractivity contribution in [3.63, 3.8) is 0 Å². The quantitative estimate of drug-likeness (QED) is 0.380. The van der Waals surface area contributed by atoms with Crippen LogP contribution in [0.3, 0.4) is 0 Å². The van der Waals surface area contributed by atoms with Crippen molar-refractivity contribution in [3.05, 3.63) is 83.7 Å². The number of nitrogens with zero attached hydrogens (tertiary/aromatic N) is 4. The number of aromatic nitrogens is 1. The number of amides is 2. The first kappa shape index (κ1) is 29.9. The average molecular weight is 598 g/mol. The first-order valence-electron chi connectivity index (χ1n) is 16.0. The van der Waals surface area contributed by atoms with E-state index in [2.05, 4.69) is 44.4 Å². The number of ether oxygens (including phenoxy) is 2. The second-order valence-corrected chi connectivity index (χ2v) is 12.1. The molecule has 9 heteroatoms. The summed E-state index contributed by atoms with van der Waals surface area (Å²) < 4.78 is 11.3. The van der Waals surface area contributed by atoms with Gasteiger partial charge in [0.05, 0.1) is 12.7 Å². The third kappa shape index (κ3) is 7.50. The van der Waals surface area contributed by atoms with Gasteiger partial charge in [0.25, 0.3) is 11.8 Å². The van der Waals surface area contributed by atoms with Crippen LogP contribution in [-0.2, 0) is 6.54 Å². The molecule has 1 aromatic heterocycles. The fourth-order valence-electron chi connectivity index (χ4n) is 6.40. The predicted octanol–water partition coefficient (Wildman–Crippen LogP) is 4.77. The largest absolute Gasteiger partial charge is 0.497 e. The Bertz CT molecular complexity index is 1370. The summed E-state index contributed by atoms with van der Waals surface area (Å²) in [4.78, 5) is 37.1. The van der Waals surface area contributed by atoms with Gasteiger partial charge in [-0.1, -0.05) is 12.1 Å². The molecule has 2 amide bonds. The zero-order valence-corrected chi connectivity index (χ0v) is 25.6. The lowest BCUT2D eigenvalue weighted by Crippen LogP contribution is -2.44. The standard InChI is InChI=1S/C35H43N5O4/c1-43-30-9-11-31(12-10-30)44-32-16-22-40(23-17-32)35(42)27-6-13-33(36-24-27)34(41)37-28-14-20-38(21-15-28)25-26-4-7-29(8-5-26)39-18-2-3-19-39/h4-13,24,28,32H,2-3,14-23,25H2,1H3,(H,37,41). The highest BCUT2D eigenvalue weighted by atomic mass is 16.5. The van der Waals surface area contributed by atoms with Crippen molar-refractivity contribution in [3.8, 4) is 11.5 Å². The molecule has 0 atom stereocenters. The summed E-state index contributed by atoms with van der Waals surface area (Å²) >= 11 is 0. The molecule has 0 spiro atoms. The zero-order valence-electron chi connectivity index (χ0n) is 25.6. The topological polar surface area (TPSA) is 87.2 Å². The number of carbonyl (C=O) groups excluding carboxylic acids is 2. The molecule has 0 aliphatic carbocycles. The fourth-order valence-corrected chi connectivity index (χ4v) is 6.40. The van der Waals surface area contributed by atoms with Gasteiger partial charge >= 0.3 is 0 Å². The molecule has 3 fully saturated rings. The van der Waals surface area contributed by atoms with E-state index in [9.17, 15) is 9.59 Å². The smallest absolute Gasteiger partial charge is 0.270 e. The molecule has 0 saturated carbocycles. The summed E-state index contributed by atoms with van der Waals surface area (Å²) in [5.74, 6) is 1.35. The van der Waals surface area contributed by atoms with Crippen LogP contribution in [0, 0.1) is 0 Å². The van der Waals surface area contributed by atoms with Gasteiger partial charge in [-0.2, -0.15) is 0 Å². The Morgan fingerprint density at radius 2 is 1.50 bits per heavy atom. The SMILES string of the molecule is COc1ccc(OC2CCN(C(=O)c3ccc(C(=O)NC4CCN(Cc5ccc(N6CCCC6)cc5)CC4)nc3)CC2)cc1. The van der Waals surface area contributed by atoms with Crippen LogP contribution >= 0.6 is 0 Å². The number of pyridine rings is 1. The minimum absolute atomic E-state index is 0.0644. The number of hydrogen-bond acceptors (Lipinski definition) is 7. The minimum atomic E-state index is -0.184. The van der Waals surface area contributed by atoms with E-state index in [0.29, 0.717) is 24.3 Å². The summed E-state index contributed by atoms with van der Waals surface area (Å²) in [5.41, 5.74) is 3.50. The molecule has 1 N–H and O–H groups in total. The van der Waals surface area contributed by atoms with Crippen LogP contribution in [0.2, 0.25) is 0 Å². The van der Waals surface area contributed by atoms with E-state index in [1.807, 2.05) is 29.2 Å². The molecular weight excluding hydrogens is 554 g/mol. The van der Waals surface area contributed by atoms with Crippen LogP contribution in [0.5, 0.6) is 11.5 Å². The highest BCUT2D eigenvalue weighted by Crippen LogP contribution is 2.24. The Balaban J connectivity index is 0.917. The Kier molecular flexibility index (Phi) is 9.61. The van der Waals surface area contributed by atoms with Gasteiger partial charge in [-0.25, -0.2) is 0 Å². The predicted molar refractivity (Wildman–Crippen MR) is 170 cm³/mol. The Morgan fingerprint density at radius 3 is 2.14 bits per heavy atom. The van der Waals surface area contributed by atoms with Crippen molar-refractivity contribution in [2.75, 3.05) is 51.3 Å². The molecule has 3 aromatic rings. The molecule has 4 heterocycles. The Hall–Kier alpha value is -4.11. The lowest BCUT2D eigenvalue weighted by Gasteiger charge is -2.32. The van der Waals surface area contributed by atoms with E-state index in [1.54, 1.807) is 19.2 Å². The number of benzene rings is 2. The van der Waals surface area contributed by atoms with Gasteiger partial charge in [0.15, 0.2) is 0 Å². The van der Waals surface area contributed by atoms with E-state index in [1.165, 1.54) is 43.4 Å². The number of piperidine rings is 2. The lowest BCUT2D eigenvalue weighted by atomic mass is 10.0. The van der Waals surface area contributed by atoms with E-state index < -0.39 is 0 Å². The monoisotopic (exact) mass is 597 g/mol.